The van der Waals surface area contributed by atoms with Crippen LogP contribution in [0, 0.1) is 11.3 Å². The number of hydrogen-bond donors (Lipinski definition) is 2. The quantitative estimate of drug-likeness (QED) is 0.687. The van der Waals surface area contributed by atoms with E-state index in [1.165, 1.54) is 12.6 Å². The van der Waals surface area contributed by atoms with E-state index in [2.05, 4.69) is 52.6 Å². The van der Waals surface area contributed by atoms with Crippen LogP contribution < -0.4 is 15.5 Å². The zero-order valence-electron chi connectivity index (χ0n) is 17.5. The van der Waals surface area contributed by atoms with Crippen LogP contribution in [-0.4, -0.2) is 23.3 Å². The van der Waals surface area contributed by atoms with E-state index in [9.17, 15) is 9.59 Å². The van der Waals surface area contributed by atoms with E-state index < -0.39 is 0 Å². The molecule has 2 aliphatic rings. The third-order valence-electron chi connectivity index (χ3n) is 5.79. The first kappa shape index (κ1) is 19.9. The largest absolute Gasteiger partial charge is 0.328 e. The maximum Gasteiger partial charge on any atom is 0.323 e. The number of anilines is 3. The summed E-state index contributed by atoms with van der Waals surface area (Å²) in [7, 11) is 0. The average molecular weight is 402 g/mol. The minimum absolute atomic E-state index is 0.00953. The number of amides is 2. The van der Waals surface area contributed by atoms with E-state index in [4.69, 9.17) is 0 Å². The molecule has 2 aromatic rings. The Balaban J connectivity index is 1.54. The van der Waals surface area contributed by atoms with Crippen LogP contribution in [0.2, 0.25) is 0 Å². The fourth-order valence-corrected chi connectivity index (χ4v) is 4.20. The highest BCUT2D eigenvalue weighted by atomic mass is 16.2. The molecule has 30 heavy (non-hydrogen) atoms. The Morgan fingerprint density at radius 1 is 1.13 bits per heavy atom. The van der Waals surface area contributed by atoms with Crippen LogP contribution in [0.15, 0.2) is 66.5 Å². The Morgan fingerprint density at radius 3 is 2.63 bits per heavy atom. The Kier molecular flexibility index (Phi) is 5.16. The minimum Gasteiger partial charge on any atom is -0.328 e. The van der Waals surface area contributed by atoms with E-state index >= 15 is 0 Å². The SMILES string of the molecule is CC(=O)c1ccc(NC(=O)Nc2cccnc2N2CC(C)(C)C3CC=CC=C32)cc1. The fourth-order valence-electron chi connectivity index (χ4n) is 4.20. The molecule has 0 spiro atoms. The van der Waals surface area contributed by atoms with E-state index in [0.29, 0.717) is 22.9 Å². The Morgan fingerprint density at radius 2 is 1.90 bits per heavy atom. The molecule has 0 saturated carbocycles. The normalized spacial score (nSPS) is 19.1. The van der Waals surface area contributed by atoms with Crippen molar-refractivity contribution in [3.05, 3.63) is 72.1 Å². The molecular formula is C24H26N4O2. The zero-order chi connectivity index (χ0) is 21.3. The van der Waals surface area contributed by atoms with Gasteiger partial charge >= 0.3 is 6.03 Å². The van der Waals surface area contributed by atoms with Crippen molar-refractivity contribution in [3.63, 3.8) is 0 Å². The van der Waals surface area contributed by atoms with Crippen LogP contribution in [0.5, 0.6) is 0 Å². The number of allylic oxidation sites excluding steroid dienone is 4. The highest BCUT2D eigenvalue weighted by Gasteiger charge is 2.44. The molecule has 6 nitrogen and oxygen atoms in total. The monoisotopic (exact) mass is 402 g/mol. The summed E-state index contributed by atoms with van der Waals surface area (Å²) in [6.45, 7) is 6.90. The summed E-state index contributed by atoms with van der Waals surface area (Å²) in [5.74, 6) is 1.17. The predicted molar refractivity (Wildman–Crippen MR) is 120 cm³/mol. The molecule has 1 aromatic carbocycles. The molecule has 0 radical (unpaired) electrons. The van der Waals surface area contributed by atoms with Crippen LogP contribution in [0.25, 0.3) is 0 Å². The van der Waals surface area contributed by atoms with Gasteiger partial charge < -0.3 is 15.5 Å². The molecule has 2 N–H and O–H groups in total. The van der Waals surface area contributed by atoms with Gasteiger partial charge in [0, 0.05) is 35.6 Å². The van der Waals surface area contributed by atoms with E-state index in [1.807, 2.05) is 12.1 Å². The molecule has 1 unspecified atom stereocenters. The fraction of sp³-hybridized carbons (Fsp3) is 0.292. The number of ketones is 1. The van der Waals surface area contributed by atoms with Crippen molar-refractivity contribution in [1.82, 2.24) is 4.98 Å². The lowest BCUT2D eigenvalue weighted by Crippen LogP contribution is -2.26. The first-order valence-corrected chi connectivity index (χ1v) is 10.1. The van der Waals surface area contributed by atoms with Gasteiger partial charge in [0.05, 0.1) is 5.69 Å². The Bertz CT molecular complexity index is 1040. The van der Waals surface area contributed by atoms with Gasteiger partial charge in [0.25, 0.3) is 0 Å². The number of aromatic nitrogens is 1. The number of carbonyl (C=O) groups is 2. The van der Waals surface area contributed by atoms with Gasteiger partial charge in [-0.2, -0.15) is 0 Å². The van der Waals surface area contributed by atoms with Crippen molar-refractivity contribution in [2.75, 3.05) is 22.1 Å². The second-order valence-corrected chi connectivity index (χ2v) is 8.47. The maximum absolute atomic E-state index is 12.6. The molecule has 154 valence electrons. The standard InChI is InChI=1S/C24H26N4O2/c1-16(29)17-10-12-18(13-11-17)26-23(30)27-20-8-6-14-25-22(20)28-15-24(2,3)19-7-4-5-9-21(19)28/h4-6,8-14,19H,7,15H2,1-3H3,(H2,26,27,30). The second-order valence-electron chi connectivity index (χ2n) is 8.47. The molecule has 4 rings (SSSR count). The van der Waals surface area contributed by atoms with Crippen molar-refractivity contribution in [2.45, 2.75) is 27.2 Å². The van der Waals surface area contributed by atoms with Gasteiger partial charge in [-0.3, -0.25) is 4.79 Å². The molecule has 1 atom stereocenters. The molecule has 1 saturated heterocycles. The molecule has 1 fully saturated rings. The summed E-state index contributed by atoms with van der Waals surface area (Å²) in [4.78, 5) is 30.8. The minimum atomic E-state index is -0.354. The summed E-state index contributed by atoms with van der Waals surface area (Å²) in [5.41, 5.74) is 3.24. The molecule has 2 amide bonds. The third-order valence-corrected chi connectivity index (χ3v) is 5.79. The summed E-state index contributed by atoms with van der Waals surface area (Å²) < 4.78 is 0. The van der Waals surface area contributed by atoms with Gasteiger partial charge in [0.15, 0.2) is 11.6 Å². The topological polar surface area (TPSA) is 74.3 Å². The molecule has 2 heterocycles. The van der Waals surface area contributed by atoms with Crippen LogP contribution >= 0.6 is 0 Å². The van der Waals surface area contributed by atoms with Gasteiger partial charge in [-0.1, -0.05) is 26.0 Å². The summed E-state index contributed by atoms with van der Waals surface area (Å²) in [6, 6.07) is 10.1. The Hall–Kier alpha value is -3.41. The van der Waals surface area contributed by atoms with Crippen molar-refractivity contribution in [1.29, 1.82) is 0 Å². The lowest BCUT2D eigenvalue weighted by Gasteiger charge is -2.25. The van der Waals surface area contributed by atoms with Crippen molar-refractivity contribution >= 4 is 29.0 Å². The van der Waals surface area contributed by atoms with Crippen LogP contribution in [-0.2, 0) is 0 Å². The maximum atomic E-state index is 12.6. The number of nitrogens with zero attached hydrogens (tertiary/aromatic N) is 2. The van der Waals surface area contributed by atoms with Gasteiger partial charge in [-0.25, -0.2) is 9.78 Å². The van der Waals surface area contributed by atoms with Gasteiger partial charge in [-0.15, -0.1) is 0 Å². The molecule has 1 aliphatic heterocycles. The first-order chi connectivity index (χ1) is 14.3. The highest BCUT2D eigenvalue weighted by molar-refractivity contribution is 6.02. The molecular weight excluding hydrogens is 376 g/mol. The summed E-state index contributed by atoms with van der Waals surface area (Å²) >= 11 is 0. The van der Waals surface area contributed by atoms with Crippen molar-refractivity contribution in [2.24, 2.45) is 11.3 Å². The zero-order valence-corrected chi connectivity index (χ0v) is 17.5. The summed E-state index contributed by atoms with van der Waals surface area (Å²) in [5, 5.41) is 5.74. The van der Waals surface area contributed by atoms with Crippen LogP contribution in [0.3, 0.4) is 0 Å². The van der Waals surface area contributed by atoms with Crippen molar-refractivity contribution in [3.8, 4) is 0 Å². The van der Waals surface area contributed by atoms with E-state index in [0.717, 1.165) is 18.8 Å². The molecule has 1 aromatic heterocycles. The summed E-state index contributed by atoms with van der Waals surface area (Å²) in [6.07, 6.45) is 9.22. The van der Waals surface area contributed by atoms with Gasteiger partial charge in [-0.05, 0) is 61.2 Å². The number of Topliss-reactive ketones (excluding diaryl/α,β-unsaturated/α-hetero) is 1. The molecule has 6 heteroatoms. The first-order valence-electron chi connectivity index (χ1n) is 10.1. The van der Waals surface area contributed by atoms with Crippen molar-refractivity contribution < 1.29 is 9.59 Å². The number of benzene rings is 1. The van der Waals surface area contributed by atoms with E-state index in [1.54, 1.807) is 30.5 Å². The number of pyridine rings is 1. The number of hydrogen-bond acceptors (Lipinski definition) is 4. The third kappa shape index (κ3) is 3.85. The second kappa shape index (κ2) is 7.78. The number of nitrogens with one attached hydrogen (secondary N) is 2. The van der Waals surface area contributed by atoms with Crippen LogP contribution in [0.1, 0.15) is 37.6 Å². The highest BCUT2D eigenvalue weighted by Crippen LogP contribution is 2.48. The number of rotatable bonds is 4. The number of fused-ring (bicyclic) bond motifs is 1. The van der Waals surface area contributed by atoms with Gasteiger partial charge in [0.2, 0.25) is 0 Å². The van der Waals surface area contributed by atoms with E-state index in [-0.39, 0.29) is 17.2 Å². The molecule has 0 bridgehead atoms. The number of carbonyl (C=O) groups excluding carboxylic acids is 2. The number of urea groups is 1. The van der Waals surface area contributed by atoms with Gasteiger partial charge in [0.1, 0.15) is 0 Å². The molecule has 1 aliphatic carbocycles. The van der Waals surface area contributed by atoms with Crippen LogP contribution in [0.4, 0.5) is 22.0 Å². The Labute approximate surface area is 176 Å². The lowest BCUT2D eigenvalue weighted by atomic mass is 9.77. The predicted octanol–water partition coefficient (Wildman–Crippen LogP) is 5.23. The average Bonchev–Trinajstić information content (AvgIpc) is 3.00. The smallest absolute Gasteiger partial charge is 0.323 e. The lowest BCUT2D eigenvalue weighted by molar-refractivity contribution is 0.101.